The van der Waals surface area contributed by atoms with Crippen molar-refractivity contribution in [3.63, 3.8) is 0 Å². The van der Waals surface area contributed by atoms with E-state index in [0.29, 0.717) is 5.41 Å². The van der Waals surface area contributed by atoms with Gasteiger partial charge in [0.05, 0.1) is 5.41 Å². The minimum absolute atomic E-state index is 0.336. The lowest BCUT2D eigenvalue weighted by Crippen LogP contribution is -2.14. The normalized spacial score (nSPS) is 18.4. The largest absolute Gasteiger partial charge is 0.481 e. The van der Waals surface area contributed by atoms with Crippen molar-refractivity contribution in [3.05, 3.63) is 34.4 Å². The number of aliphatic carboxylic acids is 1. The molecule has 2 nitrogen and oxygen atoms in total. The molecule has 0 amide bonds. The highest BCUT2D eigenvalue weighted by atomic mass is 16.4. The van der Waals surface area contributed by atoms with E-state index in [2.05, 4.69) is 32.9 Å². The molecule has 2 aliphatic rings. The van der Waals surface area contributed by atoms with E-state index in [-0.39, 0.29) is 5.41 Å². The van der Waals surface area contributed by atoms with Crippen molar-refractivity contribution >= 4 is 5.97 Å². The number of hydrogen-bond donors (Lipinski definition) is 1. The zero-order valence-corrected chi connectivity index (χ0v) is 19.8. The van der Waals surface area contributed by atoms with Gasteiger partial charge in [0.1, 0.15) is 0 Å². The smallest absolute Gasteiger partial charge is 0.309 e. The fourth-order valence-electron chi connectivity index (χ4n) is 5.19. The van der Waals surface area contributed by atoms with Crippen LogP contribution >= 0.6 is 0 Å². The van der Waals surface area contributed by atoms with Crippen LogP contribution < -0.4 is 0 Å². The Balaban J connectivity index is 1.36. The molecular weight excluding hydrogens is 368 g/mol. The molecule has 2 heteroatoms. The first kappa shape index (κ1) is 23.4. The number of carboxylic acids is 1. The monoisotopic (exact) mass is 412 g/mol. The van der Waals surface area contributed by atoms with Crippen LogP contribution in [0.1, 0.15) is 119 Å². The average molecular weight is 413 g/mol. The van der Waals surface area contributed by atoms with E-state index in [0.717, 1.165) is 25.7 Å². The van der Waals surface area contributed by atoms with Crippen LogP contribution in [0.3, 0.4) is 0 Å². The Bertz CT molecular complexity index is 710. The standard InChI is InChI=1S/C28H44O2/c1-22-20-23(2)25(13-9-5-7-11-15-28(18-19-28)26(29)30)24(21-22)12-8-4-6-10-14-27(3)16-17-27/h20-21H,4-19H2,1-3H3,(H,29,30). The molecule has 0 atom stereocenters. The fraction of sp³-hybridized carbons (Fsp3) is 0.750. The minimum atomic E-state index is -0.566. The van der Waals surface area contributed by atoms with Crippen LogP contribution in [0.15, 0.2) is 12.1 Å². The molecule has 168 valence electrons. The molecule has 0 spiro atoms. The first-order valence-electron chi connectivity index (χ1n) is 12.7. The Labute approximate surface area is 184 Å². The van der Waals surface area contributed by atoms with Gasteiger partial charge in [-0.2, -0.15) is 0 Å². The Morgan fingerprint density at radius 2 is 1.43 bits per heavy atom. The third kappa shape index (κ3) is 6.86. The highest BCUT2D eigenvalue weighted by Gasteiger charge is 2.49. The SMILES string of the molecule is Cc1cc(C)c(CCCCCCC2(C(=O)O)CC2)c(CCCCCCC2(C)CC2)c1. The fourth-order valence-corrected chi connectivity index (χ4v) is 5.19. The summed E-state index contributed by atoms with van der Waals surface area (Å²) >= 11 is 0. The Morgan fingerprint density at radius 1 is 0.833 bits per heavy atom. The van der Waals surface area contributed by atoms with Gasteiger partial charge in [-0.15, -0.1) is 0 Å². The van der Waals surface area contributed by atoms with Gasteiger partial charge in [0, 0.05) is 0 Å². The van der Waals surface area contributed by atoms with E-state index in [9.17, 15) is 9.90 Å². The van der Waals surface area contributed by atoms with Crippen molar-refractivity contribution in [3.8, 4) is 0 Å². The number of rotatable bonds is 15. The Hall–Kier alpha value is -1.31. The topological polar surface area (TPSA) is 37.3 Å². The highest BCUT2D eigenvalue weighted by Crippen LogP contribution is 2.50. The van der Waals surface area contributed by atoms with Crippen molar-refractivity contribution in [1.29, 1.82) is 0 Å². The van der Waals surface area contributed by atoms with Crippen molar-refractivity contribution in [1.82, 2.24) is 0 Å². The second-order valence-corrected chi connectivity index (χ2v) is 10.9. The lowest BCUT2D eigenvalue weighted by Gasteiger charge is -2.15. The summed E-state index contributed by atoms with van der Waals surface area (Å²) in [5.41, 5.74) is 6.43. The number of benzene rings is 1. The second-order valence-electron chi connectivity index (χ2n) is 10.9. The van der Waals surface area contributed by atoms with E-state index < -0.39 is 5.97 Å². The first-order chi connectivity index (χ1) is 14.3. The summed E-state index contributed by atoms with van der Waals surface area (Å²) in [7, 11) is 0. The summed E-state index contributed by atoms with van der Waals surface area (Å²) in [6.45, 7) is 6.96. The van der Waals surface area contributed by atoms with Crippen molar-refractivity contribution in [2.75, 3.05) is 0 Å². The molecular formula is C28H44O2. The summed E-state index contributed by atoms with van der Waals surface area (Å²) in [6.07, 6.45) is 19.7. The Morgan fingerprint density at radius 3 is 2.03 bits per heavy atom. The molecule has 1 N–H and O–H groups in total. The summed E-state index contributed by atoms with van der Waals surface area (Å²) in [6, 6.07) is 4.77. The molecule has 2 saturated carbocycles. The van der Waals surface area contributed by atoms with Crippen LogP contribution in [-0.4, -0.2) is 11.1 Å². The molecule has 1 aromatic carbocycles. The number of carbonyl (C=O) groups is 1. The van der Waals surface area contributed by atoms with E-state index in [1.54, 1.807) is 11.1 Å². The van der Waals surface area contributed by atoms with Crippen LogP contribution in [0.25, 0.3) is 0 Å². The predicted molar refractivity (Wildman–Crippen MR) is 126 cm³/mol. The number of hydrogen-bond acceptors (Lipinski definition) is 1. The molecule has 30 heavy (non-hydrogen) atoms. The maximum absolute atomic E-state index is 11.3. The van der Waals surface area contributed by atoms with Gasteiger partial charge < -0.3 is 5.11 Å². The van der Waals surface area contributed by atoms with E-state index in [4.69, 9.17) is 0 Å². The quantitative estimate of drug-likeness (QED) is 0.297. The molecule has 0 saturated heterocycles. The van der Waals surface area contributed by atoms with Gasteiger partial charge in [-0.3, -0.25) is 4.79 Å². The van der Waals surface area contributed by atoms with Gasteiger partial charge >= 0.3 is 5.97 Å². The van der Waals surface area contributed by atoms with E-state index in [1.165, 1.54) is 88.2 Å². The molecule has 3 rings (SSSR count). The van der Waals surface area contributed by atoms with Gasteiger partial charge in [0.25, 0.3) is 0 Å². The van der Waals surface area contributed by atoms with Crippen LogP contribution in [0, 0.1) is 24.7 Å². The third-order valence-corrected chi connectivity index (χ3v) is 7.93. The summed E-state index contributed by atoms with van der Waals surface area (Å²) in [4.78, 5) is 11.3. The van der Waals surface area contributed by atoms with Crippen LogP contribution in [0.2, 0.25) is 0 Å². The van der Waals surface area contributed by atoms with Crippen LogP contribution in [0.5, 0.6) is 0 Å². The van der Waals surface area contributed by atoms with Crippen molar-refractivity contribution in [2.24, 2.45) is 10.8 Å². The number of unbranched alkanes of at least 4 members (excludes halogenated alkanes) is 6. The molecule has 2 fully saturated rings. The van der Waals surface area contributed by atoms with E-state index >= 15 is 0 Å². The molecule has 0 radical (unpaired) electrons. The summed E-state index contributed by atoms with van der Waals surface area (Å²) < 4.78 is 0. The van der Waals surface area contributed by atoms with Gasteiger partial charge in [0.15, 0.2) is 0 Å². The average Bonchev–Trinajstić information content (AvgIpc) is 3.60. The lowest BCUT2D eigenvalue weighted by atomic mass is 9.91. The van der Waals surface area contributed by atoms with Crippen molar-refractivity contribution < 1.29 is 9.90 Å². The Kier molecular flexibility index (Phi) is 8.04. The maximum Gasteiger partial charge on any atom is 0.309 e. The molecule has 2 aliphatic carbocycles. The number of carboxylic acid groups (broad SMARTS) is 1. The predicted octanol–water partition coefficient (Wildman–Crippen LogP) is 7.95. The maximum atomic E-state index is 11.3. The molecule has 0 aliphatic heterocycles. The highest BCUT2D eigenvalue weighted by molar-refractivity contribution is 5.77. The number of aryl methyl sites for hydroxylation is 3. The van der Waals surface area contributed by atoms with Gasteiger partial charge in [-0.05, 0) is 100 Å². The van der Waals surface area contributed by atoms with Gasteiger partial charge in [-0.1, -0.05) is 63.1 Å². The van der Waals surface area contributed by atoms with Crippen LogP contribution in [0.4, 0.5) is 0 Å². The summed E-state index contributed by atoms with van der Waals surface area (Å²) in [5.74, 6) is -0.566. The molecule has 0 bridgehead atoms. The second kappa shape index (κ2) is 10.3. The first-order valence-corrected chi connectivity index (χ1v) is 12.7. The third-order valence-electron chi connectivity index (χ3n) is 7.93. The zero-order valence-electron chi connectivity index (χ0n) is 19.8. The van der Waals surface area contributed by atoms with Crippen molar-refractivity contribution in [2.45, 2.75) is 124 Å². The van der Waals surface area contributed by atoms with Crippen LogP contribution in [-0.2, 0) is 17.6 Å². The summed E-state index contributed by atoms with van der Waals surface area (Å²) in [5, 5.41) is 9.30. The minimum Gasteiger partial charge on any atom is -0.481 e. The van der Waals surface area contributed by atoms with E-state index in [1.807, 2.05) is 0 Å². The zero-order chi connectivity index (χ0) is 21.6. The van der Waals surface area contributed by atoms with Gasteiger partial charge in [0.2, 0.25) is 0 Å². The molecule has 0 heterocycles. The molecule has 0 unspecified atom stereocenters. The molecule has 1 aromatic rings. The molecule has 0 aromatic heterocycles. The van der Waals surface area contributed by atoms with Gasteiger partial charge in [-0.25, -0.2) is 0 Å². The lowest BCUT2D eigenvalue weighted by molar-refractivity contribution is -0.143.